The monoisotopic (exact) mass is 517 g/mol. The number of anilines is 1. The van der Waals surface area contributed by atoms with Gasteiger partial charge in [-0.05, 0) is 45.6 Å². The van der Waals surface area contributed by atoms with Crippen LogP contribution in [0.25, 0.3) is 0 Å². The third-order valence-electron chi connectivity index (χ3n) is 6.35. The summed E-state index contributed by atoms with van der Waals surface area (Å²) in [6.07, 6.45) is 1.19. The van der Waals surface area contributed by atoms with Crippen LogP contribution < -0.4 is 10.2 Å². The van der Waals surface area contributed by atoms with Gasteiger partial charge in [0.25, 0.3) is 5.91 Å². The molecule has 2 aromatic carbocycles. The second-order valence-electron chi connectivity index (χ2n) is 11.1. The molecular weight excluding hydrogens is 478 g/mol. The minimum atomic E-state index is -1.16. The van der Waals surface area contributed by atoms with E-state index in [4.69, 9.17) is 9.73 Å². The maximum atomic E-state index is 13.8. The van der Waals surface area contributed by atoms with Gasteiger partial charge in [-0.2, -0.15) is 0 Å². The molecule has 0 saturated heterocycles. The van der Waals surface area contributed by atoms with Crippen molar-refractivity contribution in [3.63, 3.8) is 0 Å². The lowest BCUT2D eigenvalue weighted by Crippen LogP contribution is -2.50. The van der Waals surface area contributed by atoms with E-state index in [0.717, 1.165) is 11.1 Å². The second-order valence-corrected chi connectivity index (χ2v) is 11.1. The molecule has 1 heterocycles. The van der Waals surface area contributed by atoms with E-state index in [-0.39, 0.29) is 18.2 Å². The molecule has 0 spiro atoms. The van der Waals surface area contributed by atoms with Gasteiger partial charge in [0.2, 0.25) is 12.1 Å². The SMILES string of the molecule is C=CC[C@H](C(=O)OC(C)(C)C)[C@@H](CC(C)C)C(=O)NC1N=C(c2ccccc2)c2ccccc2N(C)C1=O. The average Bonchev–Trinajstić information content (AvgIpc) is 2.96. The topological polar surface area (TPSA) is 88.1 Å². The molecule has 1 aliphatic heterocycles. The number of aliphatic imine (C=N–C) groups is 1. The Kier molecular flexibility index (Phi) is 9.26. The average molecular weight is 518 g/mol. The van der Waals surface area contributed by atoms with Crippen LogP contribution in [0.2, 0.25) is 0 Å². The molecule has 0 fully saturated rings. The number of esters is 1. The van der Waals surface area contributed by atoms with Crippen LogP contribution >= 0.6 is 0 Å². The van der Waals surface area contributed by atoms with Crippen molar-refractivity contribution in [2.75, 3.05) is 11.9 Å². The summed E-state index contributed by atoms with van der Waals surface area (Å²) < 4.78 is 5.66. The lowest BCUT2D eigenvalue weighted by atomic mass is 9.82. The van der Waals surface area contributed by atoms with Crippen molar-refractivity contribution in [2.24, 2.45) is 22.7 Å². The van der Waals surface area contributed by atoms with Crippen LogP contribution in [0, 0.1) is 17.8 Å². The quantitative estimate of drug-likeness (QED) is 0.369. The Morgan fingerprint density at radius 2 is 1.71 bits per heavy atom. The molecule has 1 N–H and O–H groups in total. The molecule has 0 aromatic heterocycles. The summed E-state index contributed by atoms with van der Waals surface area (Å²) in [5.74, 6) is -2.56. The number of benzene rings is 2. The summed E-state index contributed by atoms with van der Waals surface area (Å²) in [6, 6.07) is 17.1. The molecule has 0 radical (unpaired) electrons. The Bertz CT molecular complexity index is 1200. The van der Waals surface area contributed by atoms with Gasteiger partial charge in [0.05, 0.1) is 23.2 Å². The van der Waals surface area contributed by atoms with Crippen molar-refractivity contribution in [1.29, 1.82) is 0 Å². The van der Waals surface area contributed by atoms with Crippen molar-refractivity contribution in [1.82, 2.24) is 5.32 Å². The van der Waals surface area contributed by atoms with E-state index >= 15 is 0 Å². The standard InChI is InChI=1S/C31H39N3O4/c1-8-14-22(30(37)38-31(4,5)6)24(19-20(2)3)28(35)33-27-29(36)34(7)25-18-13-12-17-23(25)26(32-27)21-15-10-9-11-16-21/h8-13,15-18,20,22,24,27H,1,14,19H2,2-7H3,(H,33,35)/t22-,24+,27?/m0/s1. The van der Waals surface area contributed by atoms with Gasteiger partial charge >= 0.3 is 5.97 Å². The summed E-state index contributed by atoms with van der Waals surface area (Å²) in [6.45, 7) is 13.2. The summed E-state index contributed by atoms with van der Waals surface area (Å²) in [4.78, 5) is 46.9. The highest BCUT2D eigenvalue weighted by Crippen LogP contribution is 2.30. The predicted octanol–water partition coefficient (Wildman–Crippen LogP) is 5.14. The third-order valence-corrected chi connectivity index (χ3v) is 6.35. The first-order valence-electron chi connectivity index (χ1n) is 13.1. The number of allylic oxidation sites excluding steroid dienone is 1. The Balaban J connectivity index is 2.02. The fourth-order valence-electron chi connectivity index (χ4n) is 4.63. The first-order valence-corrected chi connectivity index (χ1v) is 13.1. The number of para-hydroxylation sites is 1. The van der Waals surface area contributed by atoms with Crippen molar-refractivity contribution in [2.45, 2.75) is 59.2 Å². The zero-order valence-electron chi connectivity index (χ0n) is 23.2. The number of hydrogen-bond acceptors (Lipinski definition) is 5. The van der Waals surface area contributed by atoms with Gasteiger partial charge in [0.15, 0.2) is 0 Å². The summed E-state index contributed by atoms with van der Waals surface area (Å²) in [5, 5.41) is 2.88. The summed E-state index contributed by atoms with van der Waals surface area (Å²) in [5.41, 5.74) is 2.24. The van der Waals surface area contributed by atoms with Crippen LogP contribution in [0.3, 0.4) is 0 Å². The normalized spacial score (nSPS) is 17.1. The maximum Gasteiger partial charge on any atom is 0.310 e. The minimum Gasteiger partial charge on any atom is -0.460 e. The lowest BCUT2D eigenvalue weighted by Gasteiger charge is -2.30. The lowest BCUT2D eigenvalue weighted by molar-refractivity contribution is -0.164. The molecule has 7 heteroatoms. The molecule has 38 heavy (non-hydrogen) atoms. The summed E-state index contributed by atoms with van der Waals surface area (Å²) >= 11 is 0. The Morgan fingerprint density at radius 3 is 2.32 bits per heavy atom. The molecule has 0 bridgehead atoms. The van der Waals surface area contributed by atoms with Gasteiger partial charge in [0, 0.05) is 18.2 Å². The molecule has 0 aliphatic carbocycles. The predicted molar refractivity (Wildman–Crippen MR) is 151 cm³/mol. The van der Waals surface area contributed by atoms with Crippen molar-refractivity contribution < 1.29 is 19.1 Å². The zero-order valence-corrected chi connectivity index (χ0v) is 23.2. The van der Waals surface area contributed by atoms with E-state index in [0.29, 0.717) is 17.8 Å². The van der Waals surface area contributed by atoms with Gasteiger partial charge in [-0.25, -0.2) is 4.99 Å². The fraction of sp³-hybridized carbons (Fsp3) is 0.419. The number of nitrogens with zero attached hydrogens (tertiary/aromatic N) is 2. The molecule has 3 rings (SSSR count). The number of ether oxygens (including phenoxy) is 1. The first kappa shape index (κ1) is 28.8. The highest BCUT2D eigenvalue weighted by atomic mass is 16.6. The van der Waals surface area contributed by atoms with Crippen LogP contribution in [0.1, 0.15) is 58.6 Å². The number of nitrogens with one attached hydrogen (secondary N) is 1. The molecule has 7 nitrogen and oxygen atoms in total. The Labute approximate surface area is 226 Å². The summed E-state index contributed by atoms with van der Waals surface area (Å²) in [7, 11) is 1.68. The largest absolute Gasteiger partial charge is 0.460 e. The van der Waals surface area contributed by atoms with Gasteiger partial charge < -0.3 is 15.0 Å². The van der Waals surface area contributed by atoms with Gasteiger partial charge in [-0.15, -0.1) is 6.58 Å². The Morgan fingerprint density at radius 1 is 1.08 bits per heavy atom. The van der Waals surface area contributed by atoms with E-state index in [1.165, 1.54) is 4.90 Å². The van der Waals surface area contributed by atoms with E-state index in [1.54, 1.807) is 33.9 Å². The molecule has 1 aliphatic rings. The number of benzodiazepines with no additional fused rings is 1. The second kappa shape index (κ2) is 12.2. The molecular formula is C31H39N3O4. The van der Waals surface area contributed by atoms with E-state index in [9.17, 15) is 14.4 Å². The van der Waals surface area contributed by atoms with Crippen LogP contribution in [-0.4, -0.2) is 42.3 Å². The first-order chi connectivity index (χ1) is 17.9. The molecule has 0 saturated carbocycles. The molecule has 202 valence electrons. The zero-order chi connectivity index (χ0) is 28.0. The number of hydrogen-bond donors (Lipinski definition) is 1. The van der Waals surface area contributed by atoms with E-state index in [1.807, 2.05) is 68.4 Å². The number of amides is 2. The number of carbonyl (C=O) groups excluding carboxylic acids is 3. The maximum absolute atomic E-state index is 13.8. The van der Waals surface area contributed by atoms with Crippen LogP contribution in [-0.2, 0) is 19.1 Å². The Hall–Kier alpha value is -3.74. The van der Waals surface area contributed by atoms with Crippen LogP contribution in [0.5, 0.6) is 0 Å². The number of rotatable bonds is 9. The highest BCUT2D eigenvalue weighted by molar-refractivity contribution is 6.20. The van der Waals surface area contributed by atoms with E-state index in [2.05, 4.69) is 11.9 Å². The fourth-order valence-corrected chi connectivity index (χ4v) is 4.63. The highest BCUT2D eigenvalue weighted by Gasteiger charge is 2.39. The van der Waals surface area contributed by atoms with Crippen LogP contribution in [0.15, 0.2) is 72.2 Å². The van der Waals surface area contributed by atoms with Crippen molar-refractivity contribution in [3.8, 4) is 0 Å². The molecule has 3 atom stereocenters. The van der Waals surface area contributed by atoms with Crippen molar-refractivity contribution in [3.05, 3.63) is 78.4 Å². The minimum absolute atomic E-state index is 0.126. The smallest absolute Gasteiger partial charge is 0.310 e. The molecule has 2 amide bonds. The van der Waals surface area contributed by atoms with E-state index < -0.39 is 35.5 Å². The number of likely N-dealkylation sites (N-methyl/N-ethyl adjacent to an activating group) is 1. The number of fused-ring (bicyclic) bond motifs is 1. The van der Waals surface area contributed by atoms with Gasteiger partial charge in [-0.3, -0.25) is 14.4 Å². The van der Waals surface area contributed by atoms with Gasteiger partial charge in [-0.1, -0.05) is 68.5 Å². The number of carbonyl (C=O) groups is 3. The third kappa shape index (κ3) is 6.97. The van der Waals surface area contributed by atoms with Crippen molar-refractivity contribution >= 4 is 29.2 Å². The molecule has 1 unspecified atom stereocenters. The van der Waals surface area contributed by atoms with Crippen LogP contribution in [0.4, 0.5) is 5.69 Å². The molecule has 2 aromatic rings. The van der Waals surface area contributed by atoms with Gasteiger partial charge in [0.1, 0.15) is 5.60 Å².